The minimum absolute atomic E-state index is 0.386. The average molecular weight is 295 g/mol. The van der Waals surface area contributed by atoms with Crippen molar-refractivity contribution in [2.24, 2.45) is 11.8 Å². The van der Waals surface area contributed by atoms with E-state index in [1.807, 2.05) is 6.07 Å². The van der Waals surface area contributed by atoms with Gasteiger partial charge >= 0.3 is 0 Å². The van der Waals surface area contributed by atoms with E-state index < -0.39 is 0 Å². The Labute approximate surface area is 134 Å². The zero-order valence-electron chi connectivity index (χ0n) is 15.8. The molecular weight excluding hydrogens is 256 g/mol. The maximum Gasteiger partial charge on any atom is 0.0518 e. The highest BCUT2D eigenvalue weighted by Crippen LogP contribution is 2.11. The Bertz CT molecular complexity index is 288. The fraction of sp³-hybridized carbons (Fsp3) is 0.700. The average Bonchev–Trinajstić information content (AvgIpc) is 2.37. The molecular formula is C20H38O. The summed E-state index contributed by atoms with van der Waals surface area (Å²) in [6.45, 7) is 20.2. The molecule has 0 amide bonds. The Morgan fingerprint density at radius 1 is 0.762 bits per heavy atom. The molecule has 0 aliphatic rings. The van der Waals surface area contributed by atoms with Gasteiger partial charge < -0.3 is 4.74 Å². The fourth-order valence-corrected chi connectivity index (χ4v) is 1.22. The first kappa shape index (κ1) is 22.5. The van der Waals surface area contributed by atoms with Gasteiger partial charge in [-0.05, 0) is 37.2 Å². The van der Waals surface area contributed by atoms with Crippen LogP contribution in [0.4, 0.5) is 0 Å². The summed E-state index contributed by atoms with van der Waals surface area (Å²) in [6, 6.07) is 10.5. The Morgan fingerprint density at radius 2 is 1.19 bits per heavy atom. The number of hydrogen-bond donors (Lipinski definition) is 0. The van der Waals surface area contributed by atoms with Crippen molar-refractivity contribution in [3.05, 3.63) is 35.9 Å². The summed E-state index contributed by atoms with van der Waals surface area (Å²) >= 11 is 0. The van der Waals surface area contributed by atoms with Gasteiger partial charge in [-0.15, -0.1) is 0 Å². The maximum atomic E-state index is 5.30. The van der Waals surface area contributed by atoms with Crippen LogP contribution >= 0.6 is 0 Å². The maximum absolute atomic E-state index is 5.30. The molecule has 1 rings (SSSR count). The Hall–Kier alpha value is -0.820. The predicted molar refractivity (Wildman–Crippen MR) is 97.0 cm³/mol. The van der Waals surface area contributed by atoms with E-state index in [4.69, 9.17) is 4.74 Å². The molecule has 0 unspecified atom stereocenters. The van der Waals surface area contributed by atoms with Gasteiger partial charge in [-0.2, -0.15) is 0 Å². The molecule has 0 aliphatic carbocycles. The molecule has 0 bridgehead atoms. The van der Waals surface area contributed by atoms with E-state index in [0.29, 0.717) is 17.9 Å². The smallest absolute Gasteiger partial charge is 0.0518 e. The van der Waals surface area contributed by atoms with Crippen LogP contribution < -0.4 is 0 Å². The third-order valence-corrected chi connectivity index (χ3v) is 2.23. The molecule has 1 heteroatoms. The largest absolute Gasteiger partial charge is 0.379 e. The van der Waals surface area contributed by atoms with E-state index in [1.165, 1.54) is 5.56 Å². The lowest BCUT2D eigenvalue weighted by atomic mass is 10.0. The molecule has 0 aromatic heterocycles. The molecule has 1 aromatic carbocycles. The summed E-state index contributed by atoms with van der Waals surface area (Å²) in [5, 5.41) is 0. The highest BCUT2D eigenvalue weighted by Gasteiger charge is 1.95. The highest BCUT2D eigenvalue weighted by molar-refractivity contribution is 5.17. The zero-order valence-corrected chi connectivity index (χ0v) is 15.8. The van der Waals surface area contributed by atoms with Crippen LogP contribution in [0.3, 0.4) is 0 Å². The summed E-state index contributed by atoms with van der Waals surface area (Å²) in [5.41, 5.74) is 1.41. The van der Waals surface area contributed by atoms with Crippen molar-refractivity contribution >= 4 is 0 Å². The number of benzene rings is 1. The summed E-state index contributed by atoms with van der Waals surface area (Å²) in [4.78, 5) is 0. The second-order valence-electron chi connectivity index (χ2n) is 7.07. The van der Waals surface area contributed by atoms with E-state index in [-0.39, 0.29) is 0 Å². The van der Waals surface area contributed by atoms with Crippen LogP contribution in [0, 0.1) is 11.8 Å². The Balaban J connectivity index is 0. The van der Waals surface area contributed by atoms with E-state index in [0.717, 1.165) is 12.5 Å². The lowest BCUT2D eigenvalue weighted by Crippen LogP contribution is -2.08. The van der Waals surface area contributed by atoms with Gasteiger partial charge in [0.1, 0.15) is 0 Å². The number of hydrogen-bond acceptors (Lipinski definition) is 1. The number of ether oxygens (including phenoxy) is 1. The topological polar surface area (TPSA) is 9.23 Å². The third kappa shape index (κ3) is 21.6. The van der Waals surface area contributed by atoms with Gasteiger partial charge in [-0.25, -0.2) is 0 Å². The summed E-state index contributed by atoms with van der Waals surface area (Å²) in [7, 11) is 0. The lowest BCUT2D eigenvalue weighted by molar-refractivity contribution is 0.0593. The van der Waals surface area contributed by atoms with Crippen LogP contribution in [-0.2, 0) is 4.74 Å². The van der Waals surface area contributed by atoms with Crippen LogP contribution in [0.15, 0.2) is 30.3 Å². The molecule has 1 aromatic rings. The molecule has 0 saturated carbocycles. The molecule has 0 radical (unpaired) electrons. The van der Waals surface area contributed by atoms with Gasteiger partial charge in [0.05, 0.1) is 6.10 Å². The molecule has 1 nitrogen and oxygen atoms in total. The van der Waals surface area contributed by atoms with E-state index in [9.17, 15) is 0 Å². The monoisotopic (exact) mass is 294 g/mol. The molecule has 21 heavy (non-hydrogen) atoms. The molecule has 0 aliphatic heterocycles. The standard InChI is InChI=1S/C9H12.C7H16O.C4H10/c1-8(2)9-6-4-3-5-7-9;1-6(2)5-8-7(3)4;1-4(2)3/h3-8H,1-2H3;6-7H,5H2,1-4H3;4H,1-3H3. The second kappa shape index (κ2) is 14.1. The van der Waals surface area contributed by atoms with Crippen LogP contribution in [0.1, 0.15) is 73.8 Å². The molecule has 0 saturated heterocycles. The minimum atomic E-state index is 0.386. The van der Waals surface area contributed by atoms with Gasteiger partial charge in [0.25, 0.3) is 0 Å². The van der Waals surface area contributed by atoms with Gasteiger partial charge in [0, 0.05) is 6.61 Å². The van der Waals surface area contributed by atoms with Gasteiger partial charge in [0.15, 0.2) is 0 Å². The van der Waals surface area contributed by atoms with Crippen molar-refractivity contribution in [1.29, 1.82) is 0 Å². The van der Waals surface area contributed by atoms with Crippen molar-refractivity contribution in [2.45, 2.75) is 74.3 Å². The highest BCUT2D eigenvalue weighted by atomic mass is 16.5. The van der Waals surface area contributed by atoms with Crippen molar-refractivity contribution in [3.8, 4) is 0 Å². The molecule has 0 heterocycles. The van der Waals surface area contributed by atoms with E-state index in [1.54, 1.807) is 0 Å². The first-order valence-corrected chi connectivity index (χ1v) is 8.33. The Kier molecular flexibility index (Phi) is 15.1. The van der Waals surface area contributed by atoms with Crippen molar-refractivity contribution in [2.75, 3.05) is 6.61 Å². The van der Waals surface area contributed by atoms with Gasteiger partial charge in [-0.3, -0.25) is 0 Å². The van der Waals surface area contributed by atoms with Gasteiger partial charge in [0.2, 0.25) is 0 Å². The lowest BCUT2D eigenvalue weighted by Gasteiger charge is -2.08. The molecule has 0 atom stereocenters. The number of rotatable bonds is 4. The zero-order chi connectivity index (χ0) is 16.8. The Morgan fingerprint density at radius 3 is 1.38 bits per heavy atom. The van der Waals surface area contributed by atoms with Crippen LogP contribution in [0.2, 0.25) is 0 Å². The quantitative estimate of drug-likeness (QED) is 0.612. The molecule has 0 fully saturated rings. The van der Waals surface area contributed by atoms with E-state index >= 15 is 0 Å². The molecule has 0 N–H and O–H groups in total. The summed E-state index contributed by atoms with van der Waals surface area (Å²) in [5.74, 6) is 2.16. The predicted octanol–water partition coefficient (Wildman–Crippen LogP) is 6.54. The minimum Gasteiger partial charge on any atom is -0.379 e. The van der Waals surface area contributed by atoms with Crippen LogP contribution in [-0.4, -0.2) is 12.7 Å². The summed E-state index contributed by atoms with van der Waals surface area (Å²) in [6.07, 6.45) is 0.386. The SMILES string of the molecule is CC(C)C.CC(C)COC(C)C.CC(C)c1ccccc1. The van der Waals surface area contributed by atoms with Crippen molar-refractivity contribution in [3.63, 3.8) is 0 Å². The second-order valence-corrected chi connectivity index (χ2v) is 7.07. The summed E-state index contributed by atoms with van der Waals surface area (Å²) < 4.78 is 5.30. The van der Waals surface area contributed by atoms with Crippen LogP contribution in [0.25, 0.3) is 0 Å². The van der Waals surface area contributed by atoms with Crippen LogP contribution in [0.5, 0.6) is 0 Å². The van der Waals surface area contributed by atoms with Gasteiger partial charge in [-0.1, -0.05) is 78.8 Å². The van der Waals surface area contributed by atoms with E-state index in [2.05, 4.69) is 86.6 Å². The molecule has 0 spiro atoms. The first-order valence-electron chi connectivity index (χ1n) is 8.33. The normalized spacial score (nSPS) is 10.3. The van der Waals surface area contributed by atoms with Crippen molar-refractivity contribution < 1.29 is 4.74 Å². The fourth-order valence-electron chi connectivity index (χ4n) is 1.22. The third-order valence-electron chi connectivity index (χ3n) is 2.23. The van der Waals surface area contributed by atoms with Crippen molar-refractivity contribution in [1.82, 2.24) is 0 Å². The first-order chi connectivity index (χ1) is 9.66. The molecule has 124 valence electrons.